The first-order chi connectivity index (χ1) is 17.2. The zero-order valence-corrected chi connectivity index (χ0v) is 20.0. The van der Waals surface area contributed by atoms with Gasteiger partial charge in [-0.2, -0.15) is 5.26 Å². The van der Waals surface area contributed by atoms with E-state index in [-0.39, 0.29) is 16.7 Å². The molecule has 0 aliphatic heterocycles. The Kier molecular flexibility index (Phi) is 7.86. The number of nitriles is 1. The largest absolute Gasteiger partial charge is 0.494 e. The Morgan fingerprint density at radius 3 is 2.44 bits per heavy atom. The number of nitrogens with two attached hydrogens (primary N) is 1. The Morgan fingerprint density at radius 2 is 1.86 bits per heavy atom. The summed E-state index contributed by atoms with van der Waals surface area (Å²) in [6.45, 7) is 5.78. The van der Waals surface area contributed by atoms with Gasteiger partial charge < -0.3 is 19.8 Å². The van der Waals surface area contributed by atoms with Crippen LogP contribution in [-0.2, 0) is 16.1 Å². The zero-order chi connectivity index (χ0) is 26.4. The predicted molar refractivity (Wildman–Crippen MR) is 131 cm³/mol. The van der Waals surface area contributed by atoms with Gasteiger partial charge in [0.2, 0.25) is 5.91 Å². The Labute approximate surface area is 207 Å². The number of amides is 1. The SMILES string of the molecule is CCOc1ccc(-n2c(C)cc(/C=C(\C#N)C(=O)OCc3ccc(C(N)=O)cc3[N+](=O)[O-])c2C)cc1. The number of esters is 1. The third-order valence-electron chi connectivity index (χ3n) is 5.44. The number of aromatic nitrogens is 1. The second-order valence-corrected chi connectivity index (χ2v) is 7.80. The normalized spacial score (nSPS) is 11.0. The van der Waals surface area contributed by atoms with E-state index >= 15 is 0 Å². The Balaban J connectivity index is 1.83. The van der Waals surface area contributed by atoms with Crippen LogP contribution >= 0.6 is 0 Å². The van der Waals surface area contributed by atoms with E-state index in [9.17, 15) is 25.0 Å². The van der Waals surface area contributed by atoms with E-state index in [4.69, 9.17) is 15.2 Å². The molecule has 2 N–H and O–H groups in total. The Bertz CT molecular complexity index is 1400. The van der Waals surface area contributed by atoms with E-state index in [2.05, 4.69) is 0 Å². The molecule has 1 amide bonds. The number of hydrogen-bond acceptors (Lipinski definition) is 7. The highest BCUT2D eigenvalue weighted by atomic mass is 16.6. The highest BCUT2D eigenvalue weighted by Crippen LogP contribution is 2.25. The Morgan fingerprint density at radius 1 is 1.17 bits per heavy atom. The summed E-state index contributed by atoms with van der Waals surface area (Å²) in [6, 6.07) is 14.8. The quantitative estimate of drug-likeness (QED) is 0.156. The van der Waals surface area contributed by atoms with Crippen molar-refractivity contribution >= 4 is 23.6 Å². The molecule has 3 aromatic rings. The molecule has 0 spiro atoms. The highest BCUT2D eigenvalue weighted by Gasteiger charge is 2.20. The van der Waals surface area contributed by atoms with Crippen molar-refractivity contribution in [3.8, 4) is 17.5 Å². The number of primary amides is 1. The Hall–Kier alpha value is -4.91. The molecule has 36 heavy (non-hydrogen) atoms. The maximum Gasteiger partial charge on any atom is 0.349 e. The number of carbonyl (C=O) groups is 2. The van der Waals surface area contributed by atoms with Crippen LogP contribution in [0.15, 0.2) is 54.1 Å². The van der Waals surface area contributed by atoms with Gasteiger partial charge in [-0.15, -0.1) is 0 Å². The maximum absolute atomic E-state index is 12.6. The third-order valence-corrected chi connectivity index (χ3v) is 5.44. The third kappa shape index (κ3) is 5.59. The summed E-state index contributed by atoms with van der Waals surface area (Å²) < 4.78 is 12.6. The van der Waals surface area contributed by atoms with E-state index in [1.807, 2.05) is 61.7 Å². The molecule has 1 heterocycles. The smallest absolute Gasteiger partial charge is 0.349 e. The van der Waals surface area contributed by atoms with E-state index in [1.54, 1.807) is 0 Å². The number of nitrogens with zero attached hydrogens (tertiary/aromatic N) is 3. The van der Waals surface area contributed by atoms with Gasteiger partial charge in [0.1, 0.15) is 24.0 Å². The summed E-state index contributed by atoms with van der Waals surface area (Å²) in [5.41, 5.74) is 7.73. The van der Waals surface area contributed by atoms with Crippen LogP contribution < -0.4 is 10.5 Å². The van der Waals surface area contributed by atoms with Gasteiger partial charge in [-0.3, -0.25) is 14.9 Å². The van der Waals surface area contributed by atoms with Crippen LogP contribution in [0.25, 0.3) is 11.8 Å². The molecule has 3 rings (SSSR count). The number of carbonyl (C=O) groups excluding carboxylic acids is 2. The number of nitro benzene ring substituents is 1. The molecule has 184 valence electrons. The molecule has 10 heteroatoms. The van der Waals surface area contributed by atoms with Crippen LogP contribution in [0.4, 0.5) is 5.69 Å². The molecular weight excluding hydrogens is 464 g/mol. The van der Waals surface area contributed by atoms with Crippen LogP contribution in [0.3, 0.4) is 0 Å². The molecule has 0 saturated heterocycles. The van der Waals surface area contributed by atoms with Crippen molar-refractivity contribution < 1.29 is 24.0 Å². The summed E-state index contributed by atoms with van der Waals surface area (Å²) in [7, 11) is 0. The molecule has 0 unspecified atom stereocenters. The maximum atomic E-state index is 12.6. The monoisotopic (exact) mass is 488 g/mol. The summed E-state index contributed by atoms with van der Waals surface area (Å²) in [5.74, 6) is -1.00. The number of hydrogen-bond donors (Lipinski definition) is 1. The fraction of sp³-hybridized carbons (Fsp3) is 0.192. The van der Waals surface area contributed by atoms with Crippen LogP contribution in [0, 0.1) is 35.3 Å². The van der Waals surface area contributed by atoms with Crippen molar-refractivity contribution in [2.24, 2.45) is 5.73 Å². The minimum atomic E-state index is -0.934. The number of ether oxygens (including phenoxy) is 2. The summed E-state index contributed by atoms with van der Waals surface area (Å²) >= 11 is 0. The molecule has 0 aliphatic rings. The second kappa shape index (κ2) is 11.0. The zero-order valence-electron chi connectivity index (χ0n) is 20.0. The number of nitro groups is 1. The van der Waals surface area contributed by atoms with Gasteiger partial charge in [-0.05, 0) is 74.9 Å². The fourth-order valence-corrected chi connectivity index (χ4v) is 3.71. The van der Waals surface area contributed by atoms with Crippen LogP contribution in [0.1, 0.15) is 39.8 Å². The second-order valence-electron chi connectivity index (χ2n) is 7.80. The van der Waals surface area contributed by atoms with Crippen molar-refractivity contribution in [2.75, 3.05) is 6.61 Å². The molecule has 0 saturated carbocycles. The molecule has 0 radical (unpaired) electrons. The molecule has 1 aromatic heterocycles. The molecule has 0 bridgehead atoms. The van der Waals surface area contributed by atoms with Crippen LogP contribution in [-0.4, -0.2) is 28.0 Å². The standard InChI is InChI=1S/C26H24N4O6/c1-4-35-23-9-7-22(8-10-23)29-16(2)11-20(17(29)3)12-21(14-27)26(32)36-15-19-6-5-18(25(28)31)13-24(19)30(33)34/h5-13H,4,15H2,1-3H3,(H2,28,31)/b21-12+. The van der Waals surface area contributed by atoms with Crippen molar-refractivity contribution in [3.05, 3.63) is 92.3 Å². The van der Waals surface area contributed by atoms with Gasteiger partial charge in [0.05, 0.1) is 17.1 Å². The van der Waals surface area contributed by atoms with Gasteiger partial charge in [0, 0.05) is 28.7 Å². The lowest BCUT2D eigenvalue weighted by atomic mass is 10.1. The first-order valence-electron chi connectivity index (χ1n) is 10.9. The van der Waals surface area contributed by atoms with Crippen LogP contribution in [0.2, 0.25) is 0 Å². The van der Waals surface area contributed by atoms with Crippen LogP contribution in [0.5, 0.6) is 5.75 Å². The minimum Gasteiger partial charge on any atom is -0.494 e. The summed E-state index contributed by atoms with van der Waals surface area (Å²) in [4.78, 5) is 34.6. The average molecular weight is 489 g/mol. The molecule has 0 aliphatic carbocycles. The van der Waals surface area contributed by atoms with Gasteiger partial charge in [0.25, 0.3) is 5.69 Å². The lowest BCUT2D eigenvalue weighted by molar-refractivity contribution is -0.385. The van der Waals surface area contributed by atoms with Crippen molar-refractivity contribution in [2.45, 2.75) is 27.4 Å². The van der Waals surface area contributed by atoms with Gasteiger partial charge in [-0.1, -0.05) is 0 Å². The topological polar surface area (TPSA) is 150 Å². The summed E-state index contributed by atoms with van der Waals surface area (Å²) in [6.07, 6.45) is 1.42. The van der Waals surface area contributed by atoms with E-state index in [0.29, 0.717) is 12.2 Å². The van der Waals surface area contributed by atoms with Crippen molar-refractivity contribution in [1.29, 1.82) is 5.26 Å². The predicted octanol–water partition coefficient (Wildman–Crippen LogP) is 4.15. The first-order valence-corrected chi connectivity index (χ1v) is 10.9. The van der Waals surface area contributed by atoms with Crippen molar-refractivity contribution in [1.82, 2.24) is 4.57 Å². The van der Waals surface area contributed by atoms with E-state index in [1.165, 1.54) is 18.2 Å². The van der Waals surface area contributed by atoms with Gasteiger partial charge in [0.15, 0.2) is 0 Å². The fourth-order valence-electron chi connectivity index (χ4n) is 3.71. The average Bonchev–Trinajstić information content (AvgIpc) is 3.13. The van der Waals surface area contributed by atoms with E-state index in [0.717, 1.165) is 28.9 Å². The molecule has 10 nitrogen and oxygen atoms in total. The minimum absolute atomic E-state index is 0.0442. The number of rotatable bonds is 9. The molecule has 0 atom stereocenters. The lowest BCUT2D eigenvalue weighted by Gasteiger charge is -2.11. The molecule has 0 fully saturated rings. The van der Waals surface area contributed by atoms with E-state index < -0.39 is 29.1 Å². The number of aryl methyl sites for hydroxylation is 1. The van der Waals surface area contributed by atoms with Crippen molar-refractivity contribution in [3.63, 3.8) is 0 Å². The van der Waals surface area contributed by atoms with Gasteiger partial charge >= 0.3 is 5.97 Å². The first kappa shape index (κ1) is 25.7. The number of benzene rings is 2. The summed E-state index contributed by atoms with van der Waals surface area (Å²) in [5, 5.41) is 20.9. The lowest BCUT2D eigenvalue weighted by Crippen LogP contribution is -2.12. The van der Waals surface area contributed by atoms with Gasteiger partial charge in [-0.25, -0.2) is 4.79 Å². The molecular formula is C26H24N4O6. The molecule has 2 aromatic carbocycles. The highest BCUT2D eigenvalue weighted by molar-refractivity contribution is 5.98.